The maximum Gasteiger partial charge on any atom is 0.244 e. The van der Waals surface area contributed by atoms with Crippen LogP contribution in [0.3, 0.4) is 0 Å². The summed E-state index contributed by atoms with van der Waals surface area (Å²) < 4.78 is 16.1. The van der Waals surface area contributed by atoms with E-state index in [2.05, 4.69) is 5.32 Å². The van der Waals surface area contributed by atoms with Crippen molar-refractivity contribution in [2.45, 2.75) is 12.5 Å². The van der Waals surface area contributed by atoms with E-state index in [-0.39, 0.29) is 12.5 Å². The van der Waals surface area contributed by atoms with Gasteiger partial charge in [0.25, 0.3) is 0 Å². The number of aliphatic hydroxyl groups is 1. The number of rotatable bonds is 7. The number of benzene rings is 2. The maximum atomic E-state index is 12.1. The van der Waals surface area contributed by atoms with Crippen LogP contribution >= 0.6 is 0 Å². The van der Waals surface area contributed by atoms with Gasteiger partial charge in [0.15, 0.2) is 11.5 Å². The smallest absolute Gasteiger partial charge is 0.244 e. The third-order valence-electron chi connectivity index (χ3n) is 4.40. The van der Waals surface area contributed by atoms with Crippen molar-refractivity contribution in [3.05, 3.63) is 65.9 Å². The second kappa shape index (κ2) is 8.19. The molecule has 0 radical (unpaired) electrons. The first-order valence-corrected chi connectivity index (χ1v) is 8.82. The average Bonchev–Trinajstić information content (AvgIpc) is 3.16. The van der Waals surface area contributed by atoms with Crippen LogP contribution in [0.2, 0.25) is 0 Å². The Hall–Kier alpha value is -3.25. The summed E-state index contributed by atoms with van der Waals surface area (Å²) in [6.45, 7) is 1.62. The molecule has 6 heteroatoms. The summed E-state index contributed by atoms with van der Waals surface area (Å²) in [5, 5.41) is 14.3. The van der Waals surface area contributed by atoms with E-state index in [1.807, 2.05) is 30.3 Å². The van der Waals surface area contributed by atoms with Crippen LogP contribution in [0.5, 0.6) is 11.5 Å². The molecule has 0 spiro atoms. The lowest BCUT2D eigenvalue weighted by Crippen LogP contribution is -2.37. The molecular formula is C22H23NO5. The Morgan fingerprint density at radius 2 is 1.89 bits per heavy atom. The number of hydrogen-bond donors (Lipinski definition) is 2. The van der Waals surface area contributed by atoms with E-state index in [0.717, 1.165) is 10.9 Å². The van der Waals surface area contributed by atoms with Gasteiger partial charge in [-0.3, -0.25) is 4.79 Å². The molecule has 3 aromatic rings. The van der Waals surface area contributed by atoms with Crippen LogP contribution in [0.25, 0.3) is 17.0 Å². The van der Waals surface area contributed by atoms with Crippen molar-refractivity contribution in [3.63, 3.8) is 0 Å². The van der Waals surface area contributed by atoms with Crippen molar-refractivity contribution in [1.82, 2.24) is 5.32 Å². The van der Waals surface area contributed by atoms with Crippen molar-refractivity contribution < 1.29 is 23.8 Å². The van der Waals surface area contributed by atoms with Gasteiger partial charge in [0.2, 0.25) is 5.91 Å². The molecule has 28 heavy (non-hydrogen) atoms. The van der Waals surface area contributed by atoms with Gasteiger partial charge in [-0.15, -0.1) is 0 Å². The average molecular weight is 381 g/mol. The Bertz CT molecular complexity index is 970. The molecule has 3 rings (SSSR count). The largest absolute Gasteiger partial charge is 0.493 e. The van der Waals surface area contributed by atoms with Crippen LogP contribution in [0.4, 0.5) is 0 Å². The summed E-state index contributed by atoms with van der Waals surface area (Å²) in [5.41, 5.74) is 0.153. The van der Waals surface area contributed by atoms with Crippen LogP contribution in [0.1, 0.15) is 18.2 Å². The van der Waals surface area contributed by atoms with Crippen LogP contribution < -0.4 is 14.8 Å². The molecule has 0 aliphatic heterocycles. The Labute approximate surface area is 163 Å². The maximum absolute atomic E-state index is 12.1. The quantitative estimate of drug-likeness (QED) is 0.613. The fraction of sp³-hybridized carbons (Fsp3) is 0.227. The molecule has 2 aromatic carbocycles. The lowest BCUT2D eigenvalue weighted by Gasteiger charge is -2.20. The number of nitrogens with one attached hydrogen (secondary N) is 1. The van der Waals surface area contributed by atoms with E-state index in [1.54, 1.807) is 45.4 Å². The first-order chi connectivity index (χ1) is 13.4. The van der Waals surface area contributed by atoms with Gasteiger partial charge in [0, 0.05) is 11.5 Å². The molecule has 0 aliphatic carbocycles. The van der Waals surface area contributed by atoms with Gasteiger partial charge in [-0.1, -0.05) is 24.3 Å². The van der Waals surface area contributed by atoms with Gasteiger partial charge >= 0.3 is 0 Å². The van der Waals surface area contributed by atoms with Crippen LogP contribution in [0.15, 0.2) is 59.0 Å². The fourth-order valence-corrected chi connectivity index (χ4v) is 2.78. The molecule has 1 amide bonds. The standard InChI is InChI=1S/C22H23NO5/c1-22(25,20-13-16-6-4-5-7-17(16)28-20)14-23-21(24)11-9-15-8-10-18(26-2)19(12-15)27-3/h4-13,25H,14H2,1-3H3,(H,23,24)/b11-9+. The molecule has 146 valence electrons. The molecule has 0 bridgehead atoms. The lowest BCUT2D eigenvalue weighted by molar-refractivity contribution is -0.117. The minimum absolute atomic E-state index is 0.0158. The Morgan fingerprint density at radius 3 is 2.61 bits per heavy atom. The Kier molecular flexibility index (Phi) is 5.70. The van der Waals surface area contributed by atoms with Crippen LogP contribution in [-0.4, -0.2) is 31.8 Å². The predicted octanol–water partition coefficient (Wildman–Crippen LogP) is 3.49. The molecule has 1 atom stereocenters. The number of methoxy groups -OCH3 is 2. The Balaban J connectivity index is 1.63. The summed E-state index contributed by atoms with van der Waals surface area (Å²) in [6.07, 6.45) is 3.06. The number of carbonyl (C=O) groups excluding carboxylic acids is 1. The fourth-order valence-electron chi connectivity index (χ4n) is 2.78. The third-order valence-corrected chi connectivity index (χ3v) is 4.40. The lowest BCUT2D eigenvalue weighted by atomic mass is 10.0. The number of para-hydroxylation sites is 1. The highest BCUT2D eigenvalue weighted by atomic mass is 16.5. The van der Waals surface area contributed by atoms with Crippen molar-refractivity contribution in [2.75, 3.05) is 20.8 Å². The van der Waals surface area contributed by atoms with Gasteiger partial charge in [0.1, 0.15) is 16.9 Å². The van der Waals surface area contributed by atoms with Crippen molar-refractivity contribution in [3.8, 4) is 11.5 Å². The molecule has 1 aromatic heterocycles. The van der Waals surface area contributed by atoms with E-state index >= 15 is 0 Å². The van der Waals surface area contributed by atoms with Crippen molar-refractivity contribution in [1.29, 1.82) is 0 Å². The molecule has 0 aliphatic rings. The van der Waals surface area contributed by atoms with E-state index in [0.29, 0.717) is 22.8 Å². The highest BCUT2D eigenvalue weighted by molar-refractivity contribution is 5.91. The van der Waals surface area contributed by atoms with Gasteiger partial charge in [-0.05, 0) is 42.8 Å². The summed E-state index contributed by atoms with van der Waals surface area (Å²) in [4.78, 5) is 12.1. The van der Waals surface area contributed by atoms with Crippen molar-refractivity contribution >= 4 is 23.0 Å². The molecule has 1 unspecified atom stereocenters. The molecule has 0 fully saturated rings. The highest BCUT2D eigenvalue weighted by Crippen LogP contribution is 2.28. The van der Waals surface area contributed by atoms with E-state index in [1.165, 1.54) is 6.08 Å². The first-order valence-electron chi connectivity index (χ1n) is 8.82. The summed E-state index contributed by atoms with van der Waals surface area (Å²) >= 11 is 0. The second-order valence-corrected chi connectivity index (χ2v) is 6.59. The summed E-state index contributed by atoms with van der Waals surface area (Å²) in [6, 6.07) is 14.6. The van der Waals surface area contributed by atoms with E-state index < -0.39 is 5.60 Å². The highest BCUT2D eigenvalue weighted by Gasteiger charge is 2.27. The van der Waals surface area contributed by atoms with Crippen LogP contribution in [0, 0.1) is 0 Å². The number of carbonyl (C=O) groups is 1. The predicted molar refractivity (Wildman–Crippen MR) is 107 cm³/mol. The zero-order chi connectivity index (χ0) is 20.1. The third kappa shape index (κ3) is 4.35. The molecular weight excluding hydrogens is 358 g/mol. The van der Waals surface area contributed by atoms with Gasteiger partial charge in [0.05, 0.1) is 20.8 Å². The SMILES string of the molecule is COc1ccc(/C=C/C(=O)NCC(C)(O)c2cc3ccccc3o2)cc1OC. The summed E-state index contributed by atoms with van der Waals surface area (Å²) in [5.74, 6) is 1.27. The number of furan rings is 1. The number of hydrogen-bond acceptors (Lipinski definition) is 5. The normalized spacial score (nSPS) is 13.4. The zero-order valence-electron chi connectivity index (χ0n) is 16.1. The molecule has 2 N–H and O–H groups in total. The number of fused-ring (bicyclic) bond motifs is 1. The van der Waals surface area contributed by atoms with Gasteiger partial charge in [-0.25, -0.2) is 0 Å². The van der Waals surface area contributed by atoms with Crippen molar-refractivity contribution in [2.24, 2.45) is 0 Å². The van der Waals surface area contributed by atoms with E-state index in [9.17, 15) is 9.90 Å². The first kappa shape index (κ1) is 19.5. The molecule has 6 nitrogen and oxygen atoms in total. The number of ether oxygens (including phenoxy) is 2. The minimum Gasteiger partial charge on any atom is -0.493 e. The zero-order valence-corrected chi connectivity index (χ0v) is 16.1. The summed E-state index contributed by atoms with van der Waals surface area (Å²) in [7, 11) is 3.12. The minimum atomic E-state index is -1.33. The Morgan fingerprint density at radius 1 is 1.14 bits per heavy atom. The van der Waals surface area contributed by atoms with E-state index in [4.69, 9.17) is 13.9 Å². The number of amides is 1. The van der Waals surface area contributed by atoms with Gasteiger partial charge < -0.3 is 24.3 Å². The molecule has 0 saturated carbocycles. The van der Waals surface area contributed by atoms with Crippen LogP contribution in [-0.2, 0) is 10.4 Å². The second-order valence-electron chi connectivity index (χ2n) is 6.59. The monoisotopic (exact) mass is 381 g/mol. The topological polar surface area (TPSA) is 80.9 Å². The molecule has 1 heterocycles. The molecule has 0 saturated heterocycles. The van der Waals surface area contributed by atoms with Gasteiger partial charge in [-0.2, -0.15) is 0 Å².